The molecule has 2 aliphatic rings. The number of nitrogens with zero attached hydrogens (tertiary/aromatic N) is 1. The zero-order valence-corrected chi connectivity index (χ0v) is 13.4. The molecule has 0 radical (unpaired) electrons. The van der Waals surface area contributed by atoms with Crippen molar-refractivity contribution in [1.82, 2.24) is 10.2 Å². The molecule has 2 aliphatic heterocycles. The minimum Gasteiger partial charge on any atom is -0.388 e. The van der Waals surface area contributed by atoms with Crippen LogP contribution < -0.4 is 5.32 Å². The van der Waals surface area contributed by atoms with Crippen LogP contribution in [0.3, 0.4) is 0 Å². The van der Waals surface area contributed by atoms with Crippen molar-refractivity contribution in [2.24, 2.45) is 11.3 Å². The van der Waals surface area contributed by atoms with E-state index in [9.17, 15) is 9.50 Å². The number of aliphatic hydroxyl groups is 1. The molecule has 2 heterocycles. The molecule has 1 aromatic carbocycles. The molecule has 2 unspecified atom stereocenters. The van der Waals surface area contributed by atoms with Gasteiger partial charge in [-0.3, -0.25) is 0 Å². The molecule has 2 N–H and O–H groups in total. The lowest BCUT2D eigenvalue weighted by molar-refractivity contribution is 0.0474. The first-order chi connectivity index (χ1) is 10.6. The molecule has 0 amide bonds. The maximum absolute atomic E-state index is 13.0. The van der Waals surface area contributed by atoms with Crippen LogP contribution in [-0.2, 0) is 0 Å². The van der Waals surface area contributed by atoms with Crippen molar-refractivity contribution in [1.29, 1.82) is 0 Å². The maximum Gasteiger partial charge on any atom is 0.123 e. The summed E-state index contributed by atoms with van der Waals surface area (Å²) in [5.74, 6) is 0.0420. The first-order valence-corrected chi connectivity index (χ1v) is 8.42. The SMILES string of the molecule is CC1(CN2CCC(C(O)c3ccc(F)cc3)CC2)CCNC1. The van der Waals surface area contributed by atoms with E-state index in [1.807, 2.05) is 0 Å². The second-order valence-electron chi connectivity index (χ2n) is 7.35. The van der Waals surface area contributed by atoms with Crippen LogP contribution in [0.2, 0.25) is 0 Å². The van der Waals surface area contributed by atoms with Crippen LogP contribution in [0.5, 0.6) is 0 Å². The van der Waals surface area contributed by atoms with Crippen molar-refractivity contribution in [3.8, 4) is 0 Å². The van der Waals surface area contributed by atoms with Crippen LogP contribution in [-0.4, -0.2) is 42.7 Å². The summed E-state index contributed by atoms with van der Waals surface area (Å²) < 4.78 is 13.0. The smallest absolute Gasteiger partial charge is 0.123 e. The van der Waals surface area contributed by atoms with E-state index < -0.39 is 6.10 Å². The summed E-state index contributed by atoms with van der Waals surface area (Å²) in [6, 6.07) is 6.28. The highest BCUT2D eigenvalue weighted by Crippen LogP contribution is 2.33. The fourth-order valence-electron chi connectivity index (χ4n) is 3.90. The Kier molecular flexibility index (Phi) is 4.81. The summed E-state index contributed by atoms with van der Waals surface area (Å²) >= 11 is 0. The van der Waals surface area contributed by atoms with Gasteiger partial charge in [-0.15, -0.1) is 0 Å². The van der Waals surface area contributed by atoms with E-state index >= 15 is 0 Å². The number of piperidine rings is 1. The predicted octanol–water partition coefficient (Wildman–Crippen LogP) is 2.57. The van der Waals surface area contributed by atoms with Gasteiger partial charge in [0.1, 0.15) is 5.82 Å². The van der Waals surface area contributed by atoms with Crippen molar-refractivity contribution in [2.75, 3.05) is 32.7 Å². The van der Waals surface area contributed by atoms with Gasteiger partial charge in [-0.25, -0.2) is 4.39 Å². The van der Waals surface area contributed by atoms with E-state index in [1.165, 1.54) is 18.6 Å². The number of hydrogen-bond donors (Lipinski definition) is 2. The Morgan fingerprint density at radius 3 is 2.59 bits per heavy atom. The lowest BCUT2D eigenvalue weighted by atomic mass is 9.85. The zero-order chi connectivity index (χ0) is 15.6. The van der Waals surface area contributed by atoms with Crippen LogP contribution in [0, 0.1) is 17.2 Å². The van der Waals surface area contributed by atoms with Crippen molar-refractivity contribution in [2.45, 2.75) is 32.3 Å². The van der Waals surface area contributed by atoms with Crippen molar-refractivity contribution in [3.63, 3.8) is 0 Å². The maximum atomic E-state index is 13.0. The number of nitrogens with one attached hydrogen (secondary N) is 1. The molecule has 122 valence electrons. The highest BCUT2D eigenvalue weighted by Gasteiger charge is 2.33. The first-order valence-electron chi connectivity index (χ1n) is 8.42. The third-order valence-corrected chi connectivity index (χ3v) is 5.35. The third-order valence-electron chi connectivity index (χ3n) is 5.35. The fourth-order valence-corrected chi connectivity index (χ4v) is 3.90. The molecule has 4 heteroatoms. The van der Waals surface area contributed by atoms with E-state index in [1.54, 1.807) is 12.1 Å². The molecular formula is C18H27FN2O. The minimum atomic E-state index is -0.466. The molecule has 2 fully saturated rings. The van der Waals surface area contributed by atoms with Crippen molar-refractivity contribution >= 4 is 0 Å². The molecule has 0 aliphatic carbocycles. The molecule has 1 aromatic rings. The normalized spacial score (nSPS) is 28.9. The second kappa shape index (κ2) is 6.65. The average Bonchev–Trinajstić information content (AvgIpc) is 2.94. The Morgan fingerprint density at radius 2 is 2.00 bits per heavy atom. The quantitative estimate of drug-likeness (QED) is 0.897. The highest BCUT2D eigenvalue weighted by atomic mass is 19.1. The average molecular weight is 306 g/mol. The van der Waals surface area contributed by atoms with Crippen LogP contribution in [0.4, 0.5) is 4.39 Å². The van der Waals surface area contributed by atoms with E-state index in [0.717, 1.165) is 51.1 Å². The molecular weight excluding hydrogens is 279 g/mol. The number of aliphatic hydroxyl groups excluding tert-OH is 1. The van der Waals surface area contributed by atoms with Gasteiger partial charge in [0.05, 0.1) is 6.10 Å². The molecule has 22 heavy (non-hydrogen) atoms. The third kappa shape index (κ3) is 3.67. The summed E-state index contributed by atoms with van der Waals surface area (Å²) in [5, 5.41) is 14.0. The van der Waals surface area contributed by atoms with Crippen LogP contribution in [0.1, 0.15) is 37.9 Å². The van der Waals surface area contributed by atoms with Crippen LogP contribution in [0.25, 0.3) is 0 Å². The number of likely N-dealkylation sites (tertiary alicyclic amines) is 1. The van der Waals surface area contributed by atoms with Gasteiger partial charge in [0.15, 0.2) is 0 Å². The Balaban J connectivity index is 1.51. The standard InChI is InChI=1S/C18H27FN2O/c1-18(8-9-20-12-18)13-21-10-6-15(7-11-21)17(22)14-2-4-16(19)5-3-14/h2-5,15,17,20,22H,6-13H2,1H3. The molecule has 0 aromatic heterocycles. The van der Waals surface area contributed by atoms with Crippen molar-refractivity contribution < 1.29 is 9.50 Å². The van der Waals surface area contributed by atoms with Crippen LogP contribution in [0.15, 0.2) is 24.3 Å². The van der Waals surface area contributed by atoms with Gasteiger partial charge in [0.2, 0.25) is 0 Å². The zero-order valence-electron chi connectivity index (χ0n) is 13.4. The predicted molar refractivity (Wildman–Crippen MR) is 86.1 cm³/mol. The number of halogens is 1. The van der Waals surface area contributed by atoms with Crippen molar-refractivity contribution in [3.05, 3.63) is 35.6 Å². The summed E-state index contributed by atoms with van der Waals surface area (Å²) in [7, 11) is 0. The second-order valence-corrected chi connectivity index (χ2v) is 7.35. The lowest BCUT2D eigenvalue weighted by Crippen LogP contribution is -2.42. The number of hydrogen-bond acceptors (Lipinski definition) is 3. The van der Waals surface area contributed by atoms with Crippen LogP contribution >= 0.6 is 0 Å². The lowest BCUT2D eigenvalue weighted by Gasteiger charge is -2.38. The Hall–Kier alpha value is -0.970. The summed E-state index contributed by atoms with van der Waals surface area (Å²) in [4.78, 5) is 2.54. The Labute approximate surface area is 132 Å². The molecule has 3 rings (SSSR count). The van der Waals surface area contributed by atoms with Gasteiger partial charge in [-0.2, -0.15) is 0 Å². The van der Waals surface area contributed by atoms with E-state index in [-0.39, 0.29) is 11.7 Å². The summed E-state index contributed by atoms with van der Waals surface area (Å²) in [5.41, 5.74) is 1.24. The van der Waals surface area contributed by atoms with Gasteiger partial charge in [0.25, 0.3) is 0 Å². The van der Waals surface area contributed by atoms with Gasteiger partial charge >= 0.3 is 0 Å². The van der Waals surface area contributed by atoms with Gasteiger partial charge in [-0.1, -0.05) is 19.1 Å². The van der Waals surface area contributed by atoms with Gasteiger partial charge in [0, 0.05) is 13.1 Å². The Bertz CT molecular complexity index is 476. The summed E-state index contributed by atoms with van der Waals surface area (Å²) in [6.07, 6.45) is 2.82. The Morgan fingerprint density at radius 1 is 1.32 bits per heavy atom. The molecule has 0 bridgehead atoms. The molecule has 3 nitrogen and oxygen atoms in total. The van der Waals surface area contributed by atoms with E-state index in [0.29, 0.717) is 5.41 Å². The first kappa shape index (κ1) is 15.9. The minimum absolute atomic E-state index is 0.246. The van der Waals surface area contributed by atoms with E-state index in [4.69, 9.17) is 0 Å². The fraction of sp³-hybridized carbons (Fsp3) is 0.667. The van der Waals surface area contributed by atoms with Gasteiger partial charge in [-0.05, 0) is 67.9 Å². The molecule has 0 saturated carbocycles. The molecule has 2 saturated heterocycles. The van der Waals surface area contributed by atoms with Gasteiger partial charge < -0.3 is 15.3 Å². The topological polar surface area (TPSA) is 35.5 Å². The molecule has 2 atom stereocenters. The highest BCUT2D eigenvalue weighted by molar-refractivity contribution is 5.19. The summed E-state index contributed by atoms with van der Waals surface area (Å²) in [6.45, 7) is 7.88. The largest absolute Gasteiger partial charge is 0.388 e. The number of rotatable bonds is 4. The molecule has 0 spiro atoms. The van der Waals surface area contributed by atoms with E-state index in [2.05, 4.69) is 17.1 Å². The number of benzene rings is 1. The monoisotopic (exact) mass is 306 g/mol.